The largest absolute Gasteiger partial charge is 0.383 e. The van der Waals surface area contributed by atoms with Crippen LogP contribution in [0, 0.1) is 13.8 Å². The van der Waals surface area contributed by atoms with Gasteiger partial charge >= 0.3 is 0 Å². The molecule has 0 aliphatic carbocycles. The van der Waals surface area contributed by atoms with Gasteiger partial charge in [-0.3, -0.25) is 9.79 Å². The Balaban J connectivity index is 2.32. The number of thiazole rings is 1. The Hall–Kier alpha value is -1.67. The number of methoxy groups -OCH3 is 1. The average molecular weight is 313 g/mol. The maximum absolute atomic E-state index is 11.6. The summed E-state index contributed by atoms with van der Waals surface area (Å²) in [5.41, 5.74) is 1.03. The van der Waals surface area contributed by atoms with E-state index >= 15 is 0 Å². The van der Waals surface area contributed by atoms with Crippen LogP contribution < -0.4 is 16.0 Å². The predicted molar refractivity (Wildman–Crippen MR) is 84.7 cm³/mol. The first-order chi connectivity index (χ1) is 10.1. The van der Waals surface area contributed by atoms with Gasteiger partial charge < -0.3 is 20.7 Å². The Morgan fingerprint density at radius 2 is 2.10 bits per heavy atom. The number of carbonyl (C=O) groups excluding carboxylic acids is 1. The molecule has 0 aliphatic rings. The molecule has 1 aromatic heterocycles. The minimum atomic E-state index is -0.0974. The summed E-state index contributed by atoms with van der Waals surface area (Å²) in [6.45, 7) is 5.79. The molecule has 21 heavy (non-hydrogen) atoms. The summed E-state index contributed by atoms with van der Waals surface area (Å²) in [5, 5.41) is 9.91. The molecule has 1 heterocycles. The Labute approximate surface area is 129 Å². The van der Waals surface area contributed by atoms with Gasteiger partial charge in [0.05, 0.1) is 30.4 Å². The molecular formula is C13H23N5O2S. The van der Waals surface area contributed by atoms with E-state index in [0.29, 0.717) is 25.7 Å². The molecular weight excluding hydrogens is 290 g/mol. The zero-order valence-corrected chi connectivity index (χ0v) is 13.8. The van der Waals surface area contributed by atoms with Crippen LogP contribution in [0.2, 0.25) is 0 Å². The van der Waals surface area contributed by atoms with E-state index in [4.69, 9.17) is 4.74 Å². The summed E-state index contributed by atoms with van der Waals surface area (Å²) in [5.74, 6) is 0.488. The number of ether oxygens (including phenoxy) is 1. The van der Waals surface area contributed by atoms with Crippen LogP contribution in [0.3, 0.4) is 0 Å². The molecule has 0 saturated heterocycles. The number of nitrogens with one attached hydrogen (secondary N) is 3. The standard InChI is InChI=1S/C13H23N5O2S/c1-9-11(21-10(2)18-9)7-16-13(14-3)17-8-12(19)15-5-6-20-4/h5-8H2,1-4H3,(H,15,19)(H2,14,16,17). The highest BCUT2D eigenvalue weighted by Crippen LogP contribution is 2.16. The van der Waals surface area contributed by atoms with Gasteiger partial charge in [0.25, 0.3) is 0 Å². The van der Waals surface area contributed by atoms with E-state index in [-0.39, 0.29) is 12.5 Å². The lowest BCUT2D eigenvalue weighted by Gasteiger charge is -2.11. The minimum absolute atomic E-state index is 0.0974. The monoisotopic (exact) mass is 313 g/mol. The lowest BCUT2D eigenvalue weighted by Crippen LogP contribution is -2.43. The first-order valence-corrected chi connectivity index (χ1v) is 7.51. The van der Waals surface area contributed by atoms with Crippen molar-refractivity contribution in [3.63, 3.8) is 0 Å². The van der Waals surface area contributed by atoms with Crippen molar-refractivity contribution >= 4 is 23.2 Å². The Morgan fingerprint density at radius 1 is 1.33 bits per heavy atom. The number of amides is 1. The first-order valence-electron chi connectivity index (χ1n) is 6.70. The molecule has 7 nitrogen and oxygen atoms in total. The fraction of sp³-hybridized carbons (Fsp3) is 0.615. The van der Waals surface area contributed by atoms with Crippen molar-refractivity contribution in [1.82, 2.24) is 20.9 Å². The van der Waals surface area contributed by atoms with E-state index in [0.717, 1.165) is 10.7 Å². The SMILES string of the molecule is CN=C(NCC(=O)NCCOC)NCc1sc(C)nc1C. The molecule has 1 amide bonds. The number of aliphatic imine (C=N–C) groups is 1. The van der Waals surface area contributed by atoms with E-state index in [1.54, 1.807) is 25.5 Å². The van der Waals surface area contributed by atoms with Crippen LogP contribution in [0.4, 0.5) is 0 Å². The normalized spacial score (nSPS) is 11.3. The summed E-state index contributed by atoms with van der Waals surface area (Å²) in [6.07, 6.45) is 0. The van der Waals surface area contributed by atoms with E-state index in [1.807, 2.05) is 13.8 Å². The van der Waals surface area contributed by atoms with Gasteiger partial charge in [-0.25, -0.2) is 4.98 Å². The molecule has 1 rings (SSSR count). The lowest BCUT2D eigenvalue weighted by molar-refractivity contribution is -0.120. The van der Waals surface area contributed by atoms with Crippen molar-refractivity contribution in [3.8, 4) is 0 Å². The van der Waals surface area contributed by atoms with Crippen molar-refractivity contribution in [2.24, 2.45) is 4.99 Å². The van der Waals surface area contributed by atoms with Crippen LogP contribution in [0.5, 0.6) is 0 Å². The van der Waals surface area contributed by atoms with Crippen molar-refractivity contribution in [2.45, 2.75) is 20.4 Å². The van der Waals surface area contributed by atoms with E-state index in [2.05, 4.69) is 25.9 Å². The van der Waals surface area contributed by atoms with Crippen molar-refractivity contribution in [2.75, 3.05) is 33.9 Å². The molecule has 0 aromatic carbocycles. The highest BCUT2D eigenvalue weighted by molar-refractivity contribution is 7.11. The van der Waals surface area contributed by atoms with Gasteiger partial charge in [0, 0.05) is 25.6 Å². The van der Waals surface area contributed by atoms with E-state index in [1.165, 1.54) is 4.88 Å². The molecule has 118 valence electrons. The summed E-state index contributed by atoms with van der Waals surface area (Å²) in [6, 6.07) is 0. The average Bonchev–Trinajstić information content (AvgIpc) is 2.77. The highest BCUT2D eigenvalue weighted by Gasteiger charge is 2.07. The number of nitrogens with zero attached hydrogens (tertiary/aromatic N) is 2. The van der Waals surface area contributed by atoms with Gasteiger partial charge in [-0.1, -0.05) is 0 Å². The fourth-order valence-electron chi connectivity index (χ4n) is 1.64. The number of guanidine groups is 1. The molecule has 3 N–H and O–H groups in total. The number of hydrogen-bond acceptors (Lipinski definition) is 5. The van der Waals surface area contributed by atoms with Gasteiger partial charge in [0.1, 0.15) is 0 Å². The number of rotatable bonds is 7. The third-order valence-electron chi connectivity index (χ3n) is 2.68. The van der Waals surface area contributed by atoms with Gasteiger partial charge in [-0.05, 0) is 13.8 Å². The second kappa shape index (κ2) is 9.30. The number of aromatic nitrogens is 1. The van der Waals surface area contributed by atoms with Crippen molar-refractivity contribution < 1.29 is 9.53 Å². The van der Waals surface area contributed by atoms with Crippen LogP contribution in [0.1, 0.15) is 15.6 Å². The van der Waals surface area contributed by atoms with E-state index in [9.17, 15) is 4.79 Å². The maximum atomic E-state index is 11.6. The van der Waals surface area contributed by atoms with Crippen molar-refractivity contribution in [3.05, 3.63) is 15.6 Å². The zero-order valence-electron chi connectivity index (χ0n) is 12.9. The summed E-state index contributed by atoms with van der Waals surface area (Å²) < 4.78 is 4.86. The Morgan fingerprint density at radius 3 is 2.67 bits per heavy atom. The van der Waals surface area contributed by atoms with Crippen LogP contribution in [-0.2, 0) is 16.1 Å². The van der Waals surface area contributed by atoms with E-state index < -0.39 is 0 Å². The molecule has 0 atom stereocenters. The second-order valence-corrected chi connectivity index (χ2v) is 5.65. The third-order valence-corrected chi connectivity index (χ3v) is 3.76. The predicted octanol–water partition coefficient (Wildman–Crippen LogP) is 0.188. The number of hydrogen-bond donors (Lipinski definition) is 3. The van der Waals surface area contributed by atoms with Gasteiger partial charge in [-0.15, -0.1) is 11.3 Å². The van der Waals surface area contributed by atoms with Crippen LogP contribution in [0.25, 0.3) is 0 Å². The lowest BCUT2D eigenvalue weighted by atomic mass is 10.4. The third kappa shape index (κ3) is 6.54. The quantitative estimate of drug-likeness (QED) is 0.380. The maximum Gasteiger partial charge on any atom is 0.239 e. The fourth-order valence-corrected chi connectivity index (χ4v) is 2.52. The van der Waals surface area contributed by atoms with Gasteiger partial charge in [-0.2, -0.15) is 0 Å². The molecule has 0 saturated carbocycles. The van der Waals surface area contributed by atoms with Crippen LogP contribution in [0.15, 0.2) is 4.99 Å². The molecule has 8 heteroatoms. The first kappa shape index (κ1) is 17.4. The topological polar surface area (TPSA) is 87.6 Å². The Bertz CT molecular complexity index is 487. The molecule has 0 bridgehead atoms. The molecule has 0 aliphatic heterocycles. The minimum Gasteiger partial charge on any atom is -0.383 e. The second-order valence-electron chi connectivity index (χ2n) is 4.36. The van der Waals surface area contributed by atoms with Crippen LogP contribution in [-0.4, -0.2) is 50.7 Å². The molecule has 0 fully saturated rings. The zero-order chi connectivity index (χ0) is 15.7. The Kier molecular flexibility index (Phi) is 7.70. The number of aryl methyl sites for hydroxylation is 2. The highest BCUT2D eigenvalue weighted by atomic mass is 32.1. The van der Waals surface area contributed by atoms with Gasteiger partial charge in [0.2, 0.25) is 5.91 Å². The number of carbonyl (C=O) groups is 1. The molecule has 1 aromatic rings. The smallest absolute Gasteiger partial charge is 0.239 e. The molecule has 0 unspecified atom stereocenters. The summed E-state index contributed by atoms with van der Waals surface area (Å²) in [7, 11) is 3.27. The summed E-state index contributed by atoms with van der Waals surface area (Å²) >= 11 is 1.66. The van der Waals surface area contributed by atoms with Crippen molar-refractivity contribution in [1.29, 1.82) is 0 Å². The molecule has 0 radical (unpaired) electrons. The summed E-state index contributed by atoms with van der Waals surface area (Å²) in [4.78, 5) is 21.2. The van der Waals surface area contributed by atoms with Gasteiger partial charge in [0.15, 0.2) is 5.96 Å². The molecule has 0 spiro atoms. The van der Waals surface area contributed by atoms with Crippen LogP contribution >= 0.6 is 11.3 Å².